The van der Waals surface area contributed by atoms with Crippen LogP contribution >= 0.6 is 27.5 Å². The second-order valence-electron chi connectivity index (χ2n) is 4.39. The van der Waals surface area contributed by atoms with Crippen molar-refractivity contribution in [3.8, 4) is 5.75 Å². The molecule has 0 fully saturated rings. The summed E-state index contributed by atoms with van der Waals surface area (Å²) in [6.07, 6.45) is 0. The number of nitrogens with two attached hydrogens (primary N) is 1. The zero-order chi connectivity index (χ0) is 13.8. The molecule has 2 nitrogen and oxygen atoms in total. The monoisotopic (exact) mass is 339 g/mol. The molecule has 0 spiro atoms. The Morgan fingerprint density at radius 1 is 1.21 bits per heavy atom. The Bertz CT molecular complexity index is 555. The number of rotatable bonds is 4. The zero-order valence-corrected chi connectivity index (χ0v) is 12.9. The van der Waals surface area contributed by atoms with E-state index in [1.807, 2.05) is 49.4 Å². The number of halogens is 2. The Labute approximate surface area is 126 Å². The van der Waals surface area contributed by atoms with E-state index in [1.165, 1.54) is 0 Å². The number of hydrogen-bond acceptors (Lipinski definition) is 2. The Hall–Kier alpha value is -1.03. The van der Waals surface area contributed by atoms with Gasteiger partial charge in [-0.15, -0.1) is 0 Å². The molecule has 19 heavy (non-hydrogen) atoms. The quantitative estimate of drug-likeness (QED) is 0.875. The molecule has 2 N–H and O–H groups in total. The average Bonchev–Trinajstić information content (AvgIpc) is 2.39. The second-order valence-corrected chi connectivity index (χ2v) is 5.68. The van der Waals surface area contributed by atoms with Gasteiger partial charge in [-0.3, -0.25) is 0 Å². The summed E-state index contributed by atoms with van der Waals surface area (Å²) in [5, 5.41) is 0.728. The summed E-state index contributed by atoms with van der Waals surface area (Å²) in [7, 11) is 0. The maximum absolute atomic E-state index is 5.84. The molecule has 100 valence electrons. The third kappa shape index (κ3) is 3.96. The topological polar surface area (TPSA) is 35.2 Å². The molecule has 2 aromatic rings. The molecule has 0 amide bonds. The van der Waals surface area contributed by atoms with Gasteiger partial charge in [0.2, 0.25) is 0 Å². The van der Waals surface area contributed by atoms with Crippen molar-refractivity contribution in [2.24, 2.45) is 5.73 Å². The maximum atomic E-state index is 5.84. The SMILES string of the molecule is CC(N)c1ccc(OCc2ccc(Cl)cc2)c(Br)c1. The minimum Gasteiger partial charge on any atom is -0.488 e. The van der Waals surface area contributed by atoms with E-state index in [0.717, 1.165) is 26.4 Å². The van der Waals surface area contributed by atoms with Gasteiger partial charge in [-0.05, 0) is 58.2 Å². The minimum absolute atomic E-state index is 0.0154. The molecule has 0 aromatic heterocycles. The van der Waals surface area contributed by atoms with Crippen LogP contribution in [-0.2, 0) is 6.61 Å². The smallest absolute Gasteiger partial charge is 0.134 e. The van der Waals surface area contributed by atoms with E-state index in [1.54, 1.807) is 0 Å². The van der Waals surface area contributed by atoms with E-state index in [2.05, 4.69) is 15.9 Å². The highest BCUT2D eigenvalue weighted by Gasteiger charge is 2.05. The number of benzene rings is 2. The van der Waals surface area contributed by atoms with Crippen molar-refractivity contribution >= 4 is 27.5 Å². The summed E-state index contributed by atoms with van der Waals surface area (Å²) in [4.78, 5) is 0. The first-order chi connectivity index (χ1) is 9.06. The van der Waals surface area contributed by atoms with Crippen LogP contribution in [0.2, 0.25) is 5.02 Å². The molecule has 2 aromatic carbocycles. The first-order valence-corrected chi connectivity index (χ1v) is 7.15. The standard InChI is InChI=1S/C15H15BrClNO/c1-10(18)12-4-7-15(14(16)8-12)19-9-11-2-5-13(17)6-3-11/h2-8,10H,9,18H2,1H3. The Balaban J connectivity index is 2.05. The highest BCUT2D eigenvalue weighted by Crippen LogP contribution is 2.28. The van der Waals surface area contributed by atoms with Crippen LogP contribution in [0.3, 0.4) is 0 Å². The Morgan fingerprint density at radius 2 is 1.89 bits per heavy atom. The Kier molecular flexibility index (Phi) is 4.86. The van der Waals surface area contributed by atoms with Crippen molar-refractivity contribution in [2.45, 2.75) is 19.6 Å². The van der Waals surface area contributed by atoms with E-state index in [-0.39, 0.29) is 6.04 Å². The fourth-order valence-corrected chi connectivity index (χ4v) is 2.30. The first-order valence-electron chi connectivity index (χ1n) is 5.98. The molecule has 0 saturated heterocycles. The van der Waals surface area contributed by atoms with Crippen LogP contribution in [0.4, 0.5) is 0 Å². The summed E-state index contributed by atoms with van der Waals surface area (Å²) in [6, 6.07) is 13.5. The summed E-state index contributed by atoms with van der Waals surface area (Å²) < 4.78 is 6.68. The first kappa shape index (κ1) is 14.4. The Morgan fingerprint density at radius 3 is 2.47 bits per heavy atom. The third-order valence-electron chi connectivity index (χ3n) is 2.79. The largest absolute Gasteiger partial charge is 0.488 e. The molecule has 0 aliphatic rings. The fraction of sp³-hybridized carbons (Fsp3) is 0.200. The van der Waals surface area contributed by atoms with E-state index in [9.17, 15) is 0 Å². The molecular weight excluding hydrogens is 326 g/mol. The highest BCUT2D eigenvalue weighted by molar-refractivity contribution is 9.10. The lowest BCUT2D eigenvalue weighted by Crippen LogP contribution is -2.05. The molecule has 1 unspecified atom stereocenters. The van der Waals surface area contributed by atoms with Gasteiger partial charge in [-0.1, -0.05) is 29.8 Å². The normalized spacial score (nSPS) is 12.2. The minimum atomic E-state index is 0.0154. The van der Waals surface area contributed by atoms with Crippen molar-refractivity contribution in [3.05, 3.63) is 63.1 Å². The van der Waals surface area contributed by atoms with Crippen molar-refractivity contribution in [3.63, 3.8) is 0 Å². The van der Waals surface area contributed by atoms with E-state index < -0.39 is 0 Å². The fourth-order valence-electron chi connectivity index (χ4n) is 1.66. The van der Waals surface area contributed by atoms with Crippen LogP contribution in [0, 0.1) is 0 Å². The number of ether oxygens (including phenoxy) is 1. The lowest BCUT2D eigenvalue weighted by molar-refractivity contribution is 0.304. The van der Waals surface area contributed by atoms with Crippen molar-refractivity contribution < 1.29 is 4.74 Å². The van der Waals surface area contributed by atoms with Gasteiger partial charge in [0.05, 0.1) is 4.47 Å². The second kappa shape index (κ2) is 6.42. The molecule has 0 bridgehead atoms. The van der Waals surface area contributed by atoms with Gasteiger partial charge in [0.15, 0.2) is 0 Å². The molecule has 2 rings (SSSR count). The third-order valence-corrected chi connectivity index (χ3v) is 3.66. The predicted molar refractivity (Wildman–Crippen MR) is 82.5 cm³/mol. The van der Waals surface area contributed by atoms with Gasteiger partial charge < -0.3 is 10.5 Å². The van der Waals surface area contributed by atoms with Gasteiger partial charge in [-0.25, -0.2) is 0 Å². The molecule has 0 radical (unpaired) electrons. The van der Waals surface area contributed by atoms with Crippen LogP contribution in [0.5, 0.6) is 5.75 Å². The molecule has 0 aliphatic carbocycles. The summed E-state index contributed by atoms with van der Waals surface area (Å²) >= 11 is 9.34. The van der Waals surface area contributed by atoms with Crippen molar-refractivity contribution in [1.29, 1.82) is 0 Å². The molecule has 0 aliphatic heterocycles. The van der Waals surface area contributed by atoms with Crippen LogP contribution in [-0.4, -0.2) is 0 Å². The van der Waals surface area contributed by atoms with Gasteiger partial charge in [0.25, 0.3) is 0 Å². The predicted octanol–water partition coefficient (Wildman–Crippen LogP) is 4.70. The van der Waals surface area contributed by atoms with Crippen LogP contribution < -0.4 is 10.5 Å². The van der Waals surface area contributed by atoms with Crippen molar-refractivity contribution in [1.82, 2.24) is 0 Å². The maximum Gasteiger partial charge on any atom is 0.134 e. The van der Waals surface area contributed by atoms with Gasteiger partial charge in [0, 0.05) is 11.1 Å². The molecule has 1 atom stereocenters. The van der Waals surface area contributed by atoms with E-state index in [4.69, 9.17) is 22.1 Å². The highest BCUT2D eigenvalue weighted by atomic mass is 79.9. The molecule has 4 heteroatoms. The van der Waals surface area contributed by atoms with Crippen LogP contribution in [0.1, 0.15) is 24.1 Å². The lowest BCUT2D eigenvalue weighted by atomic mass is 10.1. The van der Waals surface area contributed by atoms with Crippen LogP contribution in [0.15, 0.2) is 46.9 Å². The summed E-state index contributed by atoms with van der Waals surface area (Å²) in [5.41, 5.74) is 7.99. The molecule has 0 saturated carbocycles. The molecular formula is C15H15BrClNO. The average molecular weight is 341 g/mol. The number of hydrogen-bond donors (Lipinski definition) is 1. The van der Waals surface area contributed by atoms with Gasteiger partial charge in [-0.2, -0.15) is 0 Å². The summed E-state index contributed by atoms with van der Waals surface area (Å²) in [6.45, 7) is 2.46. The van der Waals surface area contributed by atoms with Crippen LogP contribution in [0.25, 0.3) is 0 Å². The lowest BCUT2D eigenvalue weighted by Gasteiger charge is -2.11. The molecule has 0 heterocycles. The van der Waals surface area contributed by atoms with Gasteiger partial charge in [0.1, 0.15) is 12.4 Å². The van der Waals surface area contributed by atoms with E-state index in [0.29, 0.717) is 6.61 Å². The summed E-state index contributed by atoms with van der Waals surface area (Å²) in [5.74, 6) is 0.805. The zero-order valence-electron chi connectivity index (χ0n) is 10.6. The van der Waals surface area contributed by atoms with E-state index >= 15 is 0 Å². The van der Waals surface area contributed by atoms with Crippen molar-refractivity contribution in [2.75, 3.05) is 0 Å². The van der Waals surface area contributed by atoms with Gasteiger partial charge >= 0.3 is 0 Å².